The van der Waals surface area contributed by atoms with E-state index in [0.29, 0.717) is 31.5 Å². The topological polar surface area (TPSA) is 89.0 Å². The van der Waals surface area contributed by atoms with E-state index in [1.165, 1.54) is 16.2 Å². The Kier molecular flexibility index (Phi) is 5.95. The lowest BCUT2D eigenvalue weighted by atomic mass is 10.0. The molecule has 0 spiro atoms. The van der Waals surface area contributed by atoms with Gasteiger partial charge in [-0.05, 0) is 36.6 Å². The molecule has 3 heterocycles. The van der Waals surface area contributed by atoms with Gasteiger partial charge in [-0.3, -0.25) is 9.69 Å². The van der Waals surface area contributed by atoms with Crippen LogP contribution >= 0.6 is 11.3 Å². The molecule has 9 heteroatoms. The minimum Gasteiger partial charge on any atom is -0.459 e. The summed E-state index contributed by atoms with van der Waals surface area (Å²) in [7, 11) is 0. The zero-order valence-electron chi connectivity index (χ0n) is 17.9. The molecule has 2 amide bonds. The number of esters is 1. The standard InChI is InChI=1S/C24H23N3O5S/c28-22(17-6-7-19-21(12-17)33-15-25-19)26-10-8-18(9-11-26)27-20(14-32-24(27)30)23(29)31-13-16-4-2-1-3-5-16/h1-7,12,15,18,20H,8-11,13-14H2/t20-/m0/s1. The molecule has 2 aromatic carbocycles. The molecule has 5 rings (SSSR count). The normalized spacial score (nSPS) is 19.0. The number of hydrogen-bond donors (Lipinski definition) is 0. The fourth-order valence-corrected chi connectivity index (χ4v) is 5.08. The Hall–Kier alpha value is -3.46. The molecule has 0 N–H and O–H groups in total. The van der Waals surface area contributed by atoms with Gasteiger partial charge in [0.1, 0.15) is 13.2 Å². The van der Waals surface area contributed by atoms with E-state index in [4.69, 9.17) is 9.47 Å². The molecule has 2 fully saturated rings. The highest BCUT2D eigenvalue weighted by atomic mass is 32.1. The number of piperidine rings is 1. The highest BCUT2D eigenvalue weighted by Gasteiger charge is 2.44. The molecule has 2 saturated heterocycles. The predicted octanol–water partition coefficient (Wildman–Crippen LogP) is 3.47. The van der Waals surface area contributed by atoms with Crippen molar-refractivity contribution in [2.75, 3.05) is 19.7 Å². The molecule has 0 radical (unpaired) electrons. The summed E-state index contributed by atoms with van der Waals surface area (Å²) in [5, 5.41) is 0. The average molecular weight is 466 g/mol. The third-order valence-corrected chi connectivity index (χ3v) is 6.92. The molecule has 2 aliphatic heterocycles. The first-order valence-electron chi connectivity index (χ1n) is 10.9. The molecule has 0 bridgehead atoms. The molecule has 1 atom stereocenters. The van der Waals surface area contributed by atoms with Crippen molar-refractivity contribution in [3.05, 3.63) is 65.2 Å². The van der Waals surface area contributed by atoms with Gasteiger partial charge in [0, 0.05) is 24.7 Å². The Morgan fingerprint density at radius 3 is 2.70 bits per heavy atom. The lowest BCUT2D eigenvalue weighted by molar-refractivity contribution is -0.150. The van der Waals surface area contributed by atoms with Crippen molar-refractivity contribution in [3.63, 3.8) is 0 Å². The number of aromatic nitrogens is 1. The van der Waals surface area contributed by atoms with Crippen molar-refractivity contribution < 1.29 is 23.9 Å². The maximum Gasteiger partial charge on any atom is 0.410 e. The van der Waals surface area contributed by atoms with Crippen LogP contribution in [0.3, 0.4) is 0 Å². The molecule has 0 unspecified atom stereocenters. The van der Waals surface area contributed by atoms with Crippen molar-refractivity contribution in [3.8, 4) is 0 Å². The summed E-state index contributed by atoms with van der Waals surface area (Å²) in [6, 6.07) is 14.0. The number of fused-ring (bicyclic) bond motifs is 1. The first-order chi connectivity index (χ1) is 16.1. The van der Waals surface area contributed by atoms with E-state index in [-0.39, 0.29) is 25.2 Å². The van der Waals surface area contributed by atoms with Crippen LogP contribution in [-0.4, -0.2) is 64.5 Å². The van der Waals surface area contributed by atoms with Crippen LogP contribution in [0.25, 0.3) is 10.2 Å². The third kappa shape index (κ3) is 4.41. The van der Waals surface area contributed by atoms with Crippen molar-refractivity contribution in [2.24, 2.45) is 0 Å². The van der Waals surface area contributed by atoms with Crippen LogP contribution in [0.1, 0.15) is 28.8 Å². The largest absolute Gasteiger partial charge is 0.459 e. The van der Waals surface area contributed by atoms with Crippen LogP contribution in [0.15, 0.2) is 54.0 Å². The van der Waals surface area contributed by atoms with E-state index in [0.717, 1.165) is 15.8 Å². The maximum absolute atomic E-state index is 13.0. The molecule has 8 nitrogen and oxygen atoms in total. The number of thiazole rings is 1. The minimum absolute atomic E-state index is 0.0134. The quantitative estimate of drug-likeness (QED) is 0.536. The number of ether oxygens (including phenoxy) is 2. The summed E-state index contributed by atoms with van der Waals surface area (Å²) in [4.78, 5) is 45.6. The second-order valence-electron chi connectivity index (χ2n) is 8.15. The molecule has 1 aromatic heterocycles. The van der Waals surface area contributed by atoms with Crippen molar-refractivity contribution >= 4 is 39.5 Å². The first-order valence-corrected chi connectivity index (χ1v) is 11.8. The van der Waals surface area contributed by atoms with E-state index < -0.39 is 18.1 Å². The van der Waals surface area contributed by atoms with E-state index in [1.807, 2.05) is 42.5 Å². The number of hydrogen-bond acceptors (Lipinski definition) is 7. The van der Waals surface area contributed by atoms with Gasteiger partial charge in [0.15, 0.2) is 6.04 Å². The third-order valence-electron chi connectivity index (χ3n) is 6.13. The summed E-state index contributed by atoms with van der Waals surface area (Å²) < 4.78 is 11.6. The van der Waals surface area contributed by atoms with Crippen LogP contribution in [-0.2, 0) is 20.9 Å². The summed E-state index contributed by atoms with van der Waals surface area (Å²) in [6.07, 6.45) is 0.648. The lowest BCUT2D eigenvalue weighted by Crippen LogP contribution is -2.52. The summed E-state index contributed by atoms with van der Waals surface area (Å²) in [6.45, 7) is 1.13. The number of carbonyl (C=O) groups is 3. The van der Waals surface area contributed by atoms with Gasteiger partial charge in [-0.25, -0.2) is 14.6 Å². The van der Waals surface area contributed by atoms with Gasteiger partial charge in [-0.1, -0.05) is 30.3 Å². The van der Waals surface area contributed by atoms with Gasteiger partial charge in [0.25, 0.3) is 5.91 Å². The van der Waals surface area contributed by atoms with Gasteiger partial charge in [0.05, 0.1) is 15.7 Å². The highest BCUT2D eigenvalue weighted by molar-refractivity contribution is 7.16. The molecular formula is C24H23N3O5S. The number of carbonyl (C=O) groups excluding carboxylic acids is 3. The number of rotatable bonds is 5. The monoisotopic (exact) mass is 465 g/mol. The SMILES string of the molecule is O=C(OCc1ccccc1)[C@@H]1COC(=O)N1C1CCN(C(=O)c2ccc3ncsc3c2)CC1. The van der Waals surface area contributed by atoms with Gasteiger partial charge in [-0.2, -0.15) is 0 Å². The van der Waals surface area contributed by atoms with E-state index in [1.54, 1.807) is 16.5 Å². The molecular weight excluding hydrogens is 442 g/mol. The maximum atomic E-state index is 13.0. The molecule has 170 valence electrons. The molecule has 0 aliphatic carbocycles. The number of nitrogens with zero attached hydrogens (tertiary/aromatic N) is 3. The fraction of sp³-hybridized carbons (Fsp3) is 0.333. The number of amides is 2. The fourth-order valence-electron chi connectivity index (χ4n) is 4.36. The first kappa shape index (κ1) is 21.4. The predicted molar refractivity (Wildman–Crippen MR) is 122 cm³/mol. The van der Waals surface area contributed by atoms with Crippen LogP contribution in [0.5, 0.6) is 0 Å². The Morgan fingerprint density at radius 1 is 1.12 bits per heavy atom. The van der Waals surface area contributed by atoms with Crippen LogP contribution < -0.4 is 0 Å². The van der Waals surface area contributed by atoms with Crippen LogP contribution in [0.2, 0.25) is 0 Å². The Balaban J connectivity index is 1.20. The Labute approximate surface area is 194 Å². The molecule has 2 aliphatic rings. The summed E-state index contributed by atoms with van der Waals surface area (Å²) in [5.41, 5.74) is 4.16. The van der Waals surface area contributed by atoms with Gasteiger partial charge < -0.3 is 14.4 Å². The Morgan fingerprint density at radius 2 is 1.91 bits per heavy atom. The van der Waals surface area contributed by atoms with E-state index >= 15 is 0 Å². The van der Waals surface area contributed by atoms with Crippen LogP contribution in [0, 0.1) is 0 Å². The van der Waals surface area contributed by atoms with Crippen molar-refractivity contribution in [1.29, 1.82) is 0 Å². The molecule has 3 aromatic rings. The molecule has 0 saturated carbocycles. The second-order valence-corrected chi connectivity index (χ2v) is 9.04. The Bertz CT molecular complexity index is 1170. The number of cyclic esters (lactones) is 1. The average Bonchev–Trinajstić information content (AvgIpc) is 3.49. The van der Waals surface area contributed by atoms with Crippen molar-refractivity contribution in [1.82, 2.24) is 14.8 Å². The van der Waals surface area contributed by atoms with Gasteiger partial charge >= 0.3 is 12.1 Å². The second kappa shape index (κ2) is 9.19. The summed E-state index contributed by atoms with van der Waals surface area (Å²) >= 11 is 1.50. The zero-order chi connectivity index (χ0) is 22.8. The lowest BCUT2D eigenvalue weighted by Gasteiger charge is -2.37. The zero-order valence-corrected chi connectivity index (χ0v) is 18.7. The number of benzene rings is 2. The summed E-state index contributed by atoms with van der Waals surface area (Å²) in [5.74, 6) is -0.507. The van der Waals surface area contributed by atoms with Crippen molar-refractivity contribution in [2.45, 2.75) is 31.5 Å². The van der Waals surface area contributed by atoms with Gasteiger partial charge in [-0.15, -0.1) is 11.3 Å². The van der Waals surface area contributed by atoms with E-state index in [9.17, 15) is 14.4 Å². The van der Waals surface area contributed by atoms with E-state index in [2.05, 4.69) is 4.98 Å². The van der Waals surface area contributed by atoms with Gasteiger partial charge in [0.2, 0.25) is 0 Å². The smallest absolute Gasteiger partial charge is 0.410 e. The highest BCUT2D eigenvalue weighted by Crippen LogP contribution is 2.26. The van der Waals surface area contributed by atoms with Crippen LogP contribution in [0.4, 0.5) is 4.79 Å². The molecule has 33 heavy (non-hydrogen) atoms. The number of likely N-dealkylation sites (tertiary alicyclic amines) is 1. The minimum atomic E-state index is -0.762.